The van der Waals surface area contributed by atoms with Gasteiger partial charge >= 0.3 is 0 Å². The molecule has 17 heavy (non-hydrogen) atoms. The molecule has 2 rings (SSSR count). The molecule has 0 spiro atoms. The summed E-state index contributed by atoms with van der Waals surface area (Å²) >= 11 is 0. The van der Waals surface area contributed by atoms with E-state index < -0.39 is 0 Å². The highest BCUT2D eigenvalue weighted by atomic mass is 16.2. The van der Waals surface area contributed by atoms with Gasteiger partial charge in [0, 0.05) is 25.3 Å². The van der Waals surface area contributed by atoms with Crippen LogP contribution in [0.2, 0.25) is 0 Å². The zero-order valence-corrected chi connectivity index (χ0v) is 10.4. The van der Waals surface area contributed by atoms with E-state index in [1.54, 1.807) is 0 Å². The van der Waals surface area contributed by atoms with Crippen molar-refractivity contribution in [1.29, 1.82) is 0 Å². The molecular formula is C14H19N2O. The summed E-state index contributed by atoms with van der Waals surface area (Å²) in [5.74, 6) is 1.68. The lowest BCUT2D eigenvalue weighted by molar-refractivity contribution is -0.124. The lowest BCUT2D eigenvalue weighted by atomic mass is 9.97. The van der Waals surface area contributed by atoms with Crippen LogP contribution in [0.25, 0.3) is 0 Å². The molecule has 1 N–H and O–H groups in total. The normalized spacial score (nSPS) is 16.9. The lowest BCUT2D eigenvalue weighted by Gasteiger charge is -2.39. The van der Waals surface area contributed by atoms with Gasteiger partial charge in [0.15, 0.2) is 0 Å². The van der Waals surface area contributed by atoms with Crippen molar-refractivity contribution in [3.05, 3.63) is 36.2 Å². The third kappa shape index (κ3) is 3.30. The Kier molecular flexibility index (Phi) is 3.79. The monoisotopic (exact) mass is 231 g/mol. The van der Waals surface area contributed by atoms with Crippen LogP contribution in [-0.2, 0) is 4.79 Å². The van der Waals surface area contributed by atoms with Crippen molar-refractivity contribution in [1.82, 2.24) is 4.90 Å². The largest absolute Gasteiger partial charge is 0.326 e. The number of nitrogens with one attached hydrogen (secondary N) is 1. The van der Waals surface area contributed by atoms with Gasteiger partial charge in [-0.15, -0.1) is 0 Å². The van der Waals surface area contributed by atoms with Crippen molar-refractivity contribution in [2.45, 2.75) is 13.8 Å². The lowest BCUT2D eigenvalue weighted by Crippen LogP contribution is -2.52. The number of benzene rings is 1. The number of anilines is 1. The van der Waals surface area contributed by atoms with E-state index in [9.17, 15) is 4.79 Å². The Morgan fingerprint density at radius 3 is 2.53 bits per heavy atom. The Labute approximate surface area is 103 Å². The van der Waals surface area contributed by atoms with Gasteiger partial charge in [-0.05, 0) is 18.1 Å². The van der Waals surface area contributed by atoms with Gasteiger partial charge in [0.25, 0.3) is 0 Å². The summed E-state index contributed by atoms with van der Waals surface area (Å²) in [6, 6.07) is 9.63. The van der Waals surface area contributed by atoms with E-state index in [2.05, 4.69) is 24.1 Å². The zero-order valence-electron chi connectivity index (χ0n) is 10.4. The Balaban J connectivity index is 1.76. The van der Waals surface area contributed by atoms with Gasteiger partial charge in [-0.25, -0.2) is 0 Å². The van der Waals surface area contributed by atoms with Crippen molar-refractivity contribution >= 4 is 11.6 Å². The smallest absolute Gasteiger partial charge is 0.230 e. The third-order valence-electron chi connectivity index (χ3n) is 2.91. The average molecular weight is 231 g/mol. The van der Waals surface area contributed by atoms with E-state index in [0.717, 1.165) is 25.3 Å². The van der Waals surface area contributed by atoms with Crippen LogP contribution >= 0.6 is 0 Å². The molecule has 1 heterocycles. The second kappa shape index (κ2) is 5.32. The highest BCUT2D eigenvalue weighted by Gasteiger charge is 2.32. The van der Waals surface area contributed by atoms with Crippen LogP contribution in [0.4, 0.5) is 5.69 Å². The second-order valence-electron chi connectivity index (χ2n) is 4.95. The topological polar surface area (TPSA) is 32.3 Å². The maximum Gasteiger partial charge on any atom is 0.230 e. The molecular weight excluding hydrogens is 212 g/mol. The quantitative estimate of drug-likeness (QED) is 0.861. The van der Waals surface area contributed by atoms with Crippen molar-refractivity contribution in [3.63, 3.8) is 0 Å². The molecule has 1 aliphatic rings. The maximum atomic E-state index is 11.9. The van der Waals surface area contributed by atoms with E-state index in [1.165, 1.54) is 5.92 Å². The molecule has 0 unspecified atom stereocenters. The van der Waals surface area contributed by atoms with Gasteiger partial charge in [0.2, 0.25) is 5.91 Å². The molecule has 91 valence electrons. The number of amides is 1. The number of nitrogens with zero attached hydrogens (tertiary/aromatic N) is 1. The Morgan fingerprint density at radius 1 is 1.29 bits per heavy atom. The third-order valence-corrected chi connectivity index (χ3v) is 2.91. The number of likely N-dealkylation sites (tertiary alicyclic amines) is 1. The predicted octanol–water partition coefficient (Wildman–Crippen LogP) is 2.17. The summed E-state index contributed by atoms with van der Waals surface area (Å²) in [7, 11) is 0. The summed E-state index contributed by atoms with van der Waals surface area (Å²) < 4.78 is 0. The van der Waals surface area contributed by atoms with Crippen LogP contribution in [0.5, 0.6) is 0 Å². The molecule has 0 aliphatic carbocycles. The van der Waals surface area contributed by atoms with Crippen LogP contribution in [0.1, 0.15) is 13.8 Å². The van der Waals surface area contributed by atoms with E-state index in [0.29, 0.717) is 0 Å². The Bertz CT molecular complexity index is 369. The first-order chi connectivity index (χ1) is 8.15. The molecule has 0 bridgehead atoms. The van der Waals surface area contributed by atoms with Crippen molar-refractivity contribution in [2.24, 2.45) is 5.92 Å². The minimum Gasteiger partial charge on any atom is -0.326 e. The molecule has 3 nitrogen and oxygen atoms in total. The summed E-state index contributed by atoms with van der Waals surface area (Å²) in [6.07, 6.45) is 0. The van der Waals surface area contributed by atoms with Gasteiger partial charge in [-0.3, -0.25) is 4.79 Å². The fraction of sp³-hybridized carbons (Fsp3) is 0.429. The number of hydrogen-bond donors (Lipinski definition) is 1. The van der Waals surface area contributed by atoms with Crippen LogP contribution in [-0.4, -0.2) is 30.4 Å². The summed E-state index contributed by atoms with van der Waals surface area (Å²) in [6.45, 7) is 7.01. The molecule has 1 aromatic rings. The Hall–Kier alpha value is -1.35. The van der Waals surface area contributed by atoms with Crippen LogP contribution < -0.4 is 5.32 Å². The number of hydrogen-bond acceptors (Lipinski definition) is 2. The minimum absolute atomic E-state index is 0.140. The van der Waals surface area contributed by atoms with Gasteiger partial charge in [-0.2, -0.15) is 0 Å². The first kappa shape index (κ1) is 12.1. The maximum absolute atomic E-state index is 11.9. The van der Waals surface area contributed by atoms with E-state index in [-0.39, 0.29) is 11.8 Å². The molecule has 0 saturated carbocycles. The second-order valence-corrected chi connectivity index (χ2v) is 4.95. The SMILES string of the molecule is C[C](C)CN1CC(C(=O)Nc2ccccc2)C1. The summed E-state index contributed by atoms with van der Waals surface area (Å²) in [5, 5.41) is 2.95. The summed E-state index contributed by atoms with van der Waals surface area (Å²) in [5.41, 5.74) is 0.884. The number of carbonyl (C=O) groups excluding carboxylic acids is 1. The number of para-hydroxylation sites is 1. The predicted molar refractivity (Wildman–Crippen MR) is 69.6 cm³/mol. The number of carbonyl (C=O) groups is 1. The first-order valence-corrected chi connectivity index (χ1v) is 6.02. The van der Waals surface area contributed by atoms with E-state index in [1.807, 2.05) is 30.3 Å². The fourth-order valence-corrected chi connectivity index (χ4v) is 2.08. The van der Waals surface area contributed by atoms with Crippen molar-refractivity contribution in [3.8, 4) is 0 Å². The molecule has 1 fully saturated rings. The molecule has 1 aromatic carbocycles. The molecule has 3 heteroatoms. The average Bonchev–Trinajstić information content (AvgIpc) is 2.23. The molecule has 1 aliphatic heterocycles. The molecule has 1 radical (unpaired) electrons. The van der Waals surface area contributed by atoms with E-state index in [4.69, 9.17) is 0 Å². The van der Waals surface area contributed by atoms with Gasteiger partial charge < -0.3 is 10.2 Å². The Morgan fingerprint density at radius 2 is 1.94 bits per heavy atom. The molecule has 0 aromatic heterocycles. The van der Waals surface area contributed by atoms with Gasteiger partial charge in [-0.1, -0.05) is 32.0 Å². The first-order valence-electron chi connectivity index (χ1n) is 6.02. The van der Waals surface area contributed by atoms with Crippen molar-refractivity contribution in [2.75, 3.05) is 25.0 Å². The fourth-order valence-electron chi connectivity index (χ4n) is 2.08. The number of rotatable bonds is 4. The van der Waals surface area contributed by atoms with Crippen LogP contribution in [0, 0.1) is 11.8 Å². The molecule has 0 atom stereocenters. The van der Waals surface area contributed by atoms with Crippen molar-refractivity contribution < 1.29 is 4.79 Å². The highest BCUT2D eigenvalue weighted by Crippen LogP contribution is 2.19. The summed E-state index contributed by atoms with van der Waals surface area (Å²) in [4.78, 5) is 14.2. The van der Waals surface area contributed by atoms with Gasteiger partial charge in [0.1, 0.15) is 0 Å². The standard InChI is InChI=1S/C14H19N2O/c1-11(2)8-16-9-12(10-16)14(17)15-13-6-4-3-5-7-13/h3-7,12H,8-10H2,1-2H3,(H,15,17). The highest BCUT2D eigenvalue weighted by molar-refractivity contribution is 5.93. The molecule has 1 saturated heterocycles. The van der Waals surface area contributed by atoms with E-state index >= 15 is 0 Å². The van der Waals surface area contributed by atoms with Crippen LogP contribution in [0.15, 0.2) is 30.3 Å². The zero-order chi connectivity index (χ0) is 12.3. The van der Waals surface area contributed by atoms with Crippen LogP contribution in [0.3, 0.4) is 0 Å². The molecule has 1 amide bonds. The van der Waals surface area contributed by atoms with Gasteiger partial charge in [0.05, 0.1) is 5.92 Å². The minimum atomic E-state index is 0.140.